The molecule has 1 aromatic rings. The average molecular weight is 180 g/mol. The molecule has 4 heteroatoms. The van der Waals surface area contributed by atoms with Crippen LogP contribution in [-0.2, 0) is 13.6 Å². The maximum absolute atomic E-state index is 4.15. The smallest absolute Gasteiger partial charge is 0.0534 e. The number of aromatic nitrogens is 2. The van der Waals surface area contributed by atoms with Crippen LogP contribution in [0.15, 0.2) is 12.4 Å². The van der Waals surface area contributed by atoms with E-state index in [0.29, 0.717) is 6.04 Å². The third-order valence-corrected chi connectivity index (χ3v) is 2.57. The number of hydrogen-bond donors (Lipinski definition) is 1. The molecule has 4 nitrogen and oxygen atoms in total. The fraction of sp³-hybridized carbons (Fsp3) is 0.667. The third kappa shape index (κ3) is 1.89. The van der Waals surface area contributed by atoms with Gasteiger partial charge in [-0.05, 0) is 7.05 Å². The van der Waals surface area contributed by atoms with Crippen molar-refractivity contribution in [3.05, 3.63) is 18.0 Å². The molecule has 0 saturated carbocycles. The van der Waals surface area contributed by atoms with Crippen LogP contribution in [0.25, 0.3) is 0 Å². The van der Waals surface area contributed by atoms with Gasteiger partial charge in [-0.15, -0.1) is 0 Å². The zero-order chi connectivity index (χ0) is 9.26. The van der Waals surface area contributed by atoms with Gasteiger partial charge in [0.2, 0.25) is 0 Å². The first-order valence-electron chi connectivity index (χ1n) is 4.64. The van der Waals surface area contributed by atoms with Crippen LogP contribution in [-0.4, -0.2) is 40.9 Å². The second-order valence-electron chi connectivity index (χ2n) is 3.75. The average Bonchev–Trinajstić information content (AvgIpc) is 2.31. The summed E-state index contributed by atoms with van der Waals surface area (Å²) in [4.78, 5) is 2.37. The maximum Gasteiger partial charge on any atom is 0.0534 e. The number of aryl methyl sites for hydroxylation is 1. The molecule has 72 valence electrons. The lowest BCUT2D eigenvalue weighted by atomic mass is 10.1. The summed E-state index contributed by atoms with van der Waals surface area (Å²) in [6.45, 7) is 3.24. The maximum atomic E-state index is 4.15. The molecule has 0 atom stereocenters. The van der Waals surface area contributed by atoms with E-state index < -0.39 is 0 Å². The Kier molecular flexibility index (Phi) is 2.33. The van der Waals surface area contributed by atoms with Gasteiger partial charge in [0.1, 0.15) is 0 Å². The topological polar surface area (TPSA) is 33.1 Å². The number of likely N-dealkylation sites (N-methyl/N-ethyl adjacent to an activating group) is 1. The minimum absolute atomic E-state index is 0.709. The van der Waals surface area contributed by atoms with Crippen molar-refractivity contribution < 1.29 is 0 Å². The van der Waals surface area contributed by atoms with Gasteiger partial charge in [0.15, 0.2) is 0 Å². The van der Waals surface area contributed by atoms with Crippen molar-refractivity contribution in [3.63, 3.8) is 0 Å². The zero-order valence-electron chi connectivity index (χ0n) is 8.20. The van der Waals surface area contributed by atoms with Crippen molar-refractivity contribution in [3.8, 4) is 0 Å². The molecule has 0 radical (unpaired) electrons. The van der Waals surface area contributed by atoms with E-state index in [0.717, 1.165) is 19.6 Å². The lowest BCUT2D eigenvalue weighted by Crippen LogP contribution is -2.55. The standard InChI is InChI=1S/C9H16N4/c1-12(9-4-10-5-9)6-8-3-11-13(2)7-8/h3,7,9-10H,4-6H2,1-2H3. The molecule has 13 heavy (non-hydrogen) atoms. The monoisotopic (exact) mass is 180 g/mol. The molecule has 0 spiro atoms. The van der Waals surface area contributed by atoms with E-state index >= 15 is 0 Å². The molecule has 0 bridgehead atoms. The molecule has 1 aliphatic rings. The highest BCUT2D eigenvalue weighted by Gasteiger charge is 2.21. The SMILES string of the molecule is CN(Cc1cnn(C)c1)C1CNC1. The molecule has 0 aromatic carbocycles. The van der Waals surface area contributed by atoms with E-state index in [4.69, 9.17) is 0 Å². The van der Waals surface area contributed by atoms with Crippen LogP contribution in [0.4, 0.5) is 0 Å². The molecule has 1 fully saturated rings. The van der Waals surface area contributed by atoms with Gasteiger partial charge in [-0.1, -0.05) is 0 Å². The van der Waals surface area contributed by atoms with Gasteiger partial charge in [0.05, 0.1) is 6.20 Å². The summed E-state index contributed by atoms with van der Waals surface area (Å²) >= 11 is 0. The molecule has 0 amide bonds. The van der Waals surface area contributed by atoms with Gasteiger partial charge >= 0.3 is 0 Å². The predicted octanol–water partition coefficient (Wildman–Crippen LogP) is -0.176. The Hall–Kier alpha value is -0.870. The summed E-state index contributed by atoms with van der Waals surface area (Å²) < 4.78 is 1.85. The van der Waals surface area contributed by atoms with Crippen molar-refractivity contribution in [2.75, 3.05) is 20.1 Å². The quantitative estimate of drug-likeness (QED) is 0.700. The zero-order valence-corrected chi connectivity index (χ0v) is 8.20. The van der Waals surface area contributed by atoms with Crippen LogP contribution >= 0.6 is 0 Å². The van der Waals surface area contributed by atoms with Gasteiger partial charge in [-0.25, -0.2) is 0 Å². The van der Waals surface area contributed by atoms with Crippen LogP contribution in [0, 0.1) is 0 Å². The van der Waals surface area contributed by atoms with Gasteiger partial charge < -0.3 is 5.32 Å². The molecule has 1 aromatic heterocycles. The first-order chi connectivity index (χ1) is 6.25. The molecule has 1 saturated heterocycles. The first kappa shape index (κ1) is 8.72. The summed E-state index contributed by atoms with van der Waals surface area (Å²) in [5, 5.41) is 7.42. The summed E-state index contributed by atoms with van der Waals surface area (Å²) in [6.07, 6.45) is 4.01. The first-order valence-corrected chi connectivity index (χ1v) is 4.64. The van der Waals surface area contributed by atoms with Gasteiger partial charge in [-0.3, -0.25) is 9.58 Å². The molecule has 1 aliphatic heterocycles. The van der Waals surface area contributed by atoms with Crippen molar-refractivity contribution in [1.29, 1.82) is 0 Å². The van der Waals surface area contributed by atoms with Crippen LogP contribution in [0.3, 0.4) is 0 Å². The summed E-state index contributed by atoms with van der Waals surface area (Å²) in [5.74, 6) is 0. The van der Waals surface area contributed by atoms with Gasteiger partial charge in [0, 0.05) is 44.5 Å². The van der Waals surface area contributed by atoms with E-state index in [9.17, 15) is 0 Å². The Morgan fingerprint density at radius 3 is 2.92 bits per heavy atom. The fourth-order valence-electron chi connectivity index (χ4n) is 1.56. The Labute approximate surface area is 78.5 Å². The highest BCUT2D eigenvalue weighted by atomic mass is 15.3. The van der Waals surface area contributed by atoms with Crippen LogP contribution in [0.5, 0.6) is 0 Å². The van der Waals surface area contributed by atoms with Crippen molar-refractivity contribution >= 4 is 0 Å². The second kappa shape index (κ2) is 3.47. The van der Waals surface area contributed by atoms with Crippen LogP contribution in [0.2, 0.25) is 0 Å². The summed E-state index contributed by atoms with van der Waals surface area (Å²) in [7, 11) is 4.12. The molecule has 1 N–H and O–H groups in total. The van der Waals surface area contributed by atoms with Crippen LogP contribution in [0.1, 0.15) is 5.56 Å². The van der Waals surface area contributed by atoms with E-state index in [1.165, 1.54) is 5.56 Å². The Morgan fingerprint density at radius 1 is 1.69 bits per heavy atom. The summed E-state index contributed by atoms with van der Waals surface area (Å²) in [5.41, 5.74) is 1.29. The Balaban J connectivity index is 1.89. The third-order valence-electron chi connectivity index (χ3n) is 2.57. The molecule has 0 unspecified atom stereocenters. The summed E-state index contributed by atoms with van der Waals surface area (Å²) in [6, 6.07) is 0.709. The number of hydrogen-bond acceptors (Lipinski definition) is 3. The minimum atomic E-state index is 0.709. The van der Waals surface area contributed by atoms with E-state index in [1.54, 1.807) is 0 Å². The van der Waals surface area contributed by atoms with Crippen molar-refractivity contribution in [2.24, 2.45) is 7.05 Å². The molecule has 2 heterocycles. The lowest BCUT2D eigenvalue weighted by molar-refractivity contribution is 0.173. The van der Waals surface area contributed by atoms with E-state index in [2.05, 4.69) is 28.6 Å². The number of nitrogens with zero attached hydrogens (tertiary/aromatic N) is 3. The highest BCUT2D eigenvalue weighted by Crippen LogP contribution is 2.07. The van der Waals surface area contributed by atoms with E-state index in [1.807, 2.05) is 17.9 Å². The molecule has 0 aliphatic carbocycles. The van der Waals surface area contributed by atoms with Gasteiger partial charge in [0.25, 0.3) is 0 Å². The number of rotatable bonds is 3. The normalized spacial score (nSPS) is 17.8. The highest BCUT2D eigenvalue weighted by molar-refractivity contribution is 5.04. The van der Waals surface area contributed by atoms with Crippen molar-refractivity contribution in [2.45, 2.75) is 12.6 Å². The largest absolute Gasteiger partial charge is 0.314 e. The number of nitrogens with one attached hydrogen (secondary N) is 1. The van der Waals surface area contributed by atoms with E-state index in [-0.39, 0.29) is 0 Å². The second-order valence-corrected chi connectivity index (χ2v) is 3.75. The Morgan fingerprint density at radius 2 is 2.46 bits per heavy atom. The van der Waals surface area contributed by atoms with Crippen molar-refractivity contribution in [1.82, 2.24) is 20.0 Å². The van der Waals surface area contributed by atoms with Crippen LogP contribution < -0.4 is 5.32 Å². The fourth-order valence-corrected chi connectivity index (χ4v) is 1.56. The predicted molar refractivity (Wildman–Crippen MR) is 51.3 cm³/mol. The minimum Gasteiger partial charge on any atom is -0.314 e. The Bertz CT molecular complexity index is 277. The lowest BCUT2D eigenvalue weighted by Gasteiger charge is -2.35. The molecular weight excluding hydrogens is 164 g/mol. The van der Waals surface area contributed by atoms with Gasteiger partial charge in [-0.2, -0.15) is 5.10 Å². The molecular formula is C9H16N4. The molecule has 2 rings (SSSR count).